The van der Waals surface area contributed by atoms with E-state index < -0.39 is 0 Å². The van der Waals surface area contributed by atoms with E-state index in [1.807, 2.05) is 4.90 Å². The zero-order valence-corrected chi connectivity index (χ0v) is 8.42. The first kappa shape index (κ1) is 9.00. The molecule has 3 nitrogen and oxygen atoms in total. The van der Waals surface area contributed by atoms with Crippen molar-refractivity contribution >= 4 is 5.91 Å². The van der Waals surface area contributed by atoms with Crippen molar-refractivity contribution < 1.29 is 4.79 Å². The first-order chi connectivity index (χ1) is 6.06. The highest BCUT2D eigenvalue weighted by Crippen LogP contribution is 2.53. The molecule has 0 aromatic carbocycles. The number of hydrogen-bond acceptors (Lipinski definition) is 2. The van der Waals surface area contributed by atoms with E-state index in [-0.39, 0.29) is 11.5 Å². The lowest BCUT2D eigenvalue weighted by Gasteiger charge is -2.40. The Labute approximate surface area is 79.3 Å². The predicted molar refractivity (Wildman–Crippen MR) is 51.1 cm³/mol. The lowest BCUT2D eigenvalue weighted by molar-refractivity contribution is -0.143. The molecule has 1 amide bonds. The van der Waals surface area contributed by atoms with Crippen LogP contribution in [0.1, 0.15) is 26.7 Å². The number of carbonyl (C=O) groups is 1. The zero-order chi connectivity index (χ0) is 9.64. The zero-order valence-electron chi connectivity index (χ0n) is 8.42. The molecule has 2 fully saturated rings. The molecule has 2 aliphatic rings. The summed E-state index contributed by atoms with van der Waals surface area (Å²) < 4.78 is 0. The van der Waals surface area contributed by atoms with E-state index >= 15 is 0 Å². The van der Waals surface area contributed by atoms with Gasteiger partial charge in [-0.3, -0.25) is 4.79 Å². The van der Waals surface area contributed by atoms with Crippen molar-refractivity contribution in [2.24, 2.45) is 17.1 Å². The first-order valence-corrected chi connectivity index (χ1v) is 5.11. The normalized spacial score (nSPS) is 26.0. The second-order valence-corrected chi connectivity index (χ2v) is 4.78. The van der Waals surface area contributed by atoms with Crippen molar-refractivity contribution in [1.29, 1.82) is 0 Å². The van der Waals surface area contributed by atoms with Crippen LogP contribution in [-0.4, -0.2) is 29.9 Å². The van der Waals surface area contributed by atoms with Crippen LogP contribution < -0.4 is 5.73 Å². The lowest BCUT2D eigenvalue weighted by atomic mass is 9.89. The number of hydrogen-bond donors (Lipinski definition) is 1. The average molecular weight is 182 g/mol. The highest BCUT2D eigenvalue weighted by atomic mass is 16.2. The predicted octanol–water partition coefficient (Wildman–Crippen LogP) is 0.592. The molecule has 1 saturated heterocycles. The van der Waals surface area contributed by atoms with E-state index in [9.17, 15) is 4.79 Å². The molecule has 0 unspecified atom stereocenters. The minimum atomic E-state index is 0.000139. The van der Waals surface area contributed by atoms with Crippen molar-refractivity contribution in [1.82, 2.24) is 4.90 Å². The van der Waals surface area contributed by atoms with Crippen LogP contribution in [0.3, 0.4) is 0 Å². The van der Waals surface area contributed by atoms with Gasteiger partial charge in [-0.2, -0.15) is 0 Å². The molecule has 3 heteroatoms. The Kier molecular flexibility index (Phi) is 1.88. The summed E-state index contributed by atoms with van der Waals surface area (Å²) >= 11 is 0. The molecular weight excluding hydrogens is 164 g/mol. The van der Waals surface area contributed by atoms with Crippen LogP contribution in [0.15, 0.2) is 0 Å². The van der Waals surface area contributed by atoms with Crippen molar-refractivity contribution in [2.45, 2.75) is 32.7 Å². The van der Waals surface area contributed by atoms with Gasteiger partial charge in [0.1, 0.15) is 0 Å². The highest BCUT2D eigenvalue weighted by molar-refractivity contribution is 5.86. The SMILES string of the molecule is CC(C)C1(C(=O)N2CC(N)C2)CC1. The smallest absolute Gasteiger partial charge is 0.229 e. The van der Waals surface area contributed by atoms with Gasteiger partial charge in [0.2, 0.25) is 5.91 Å². The monoisotopic (exact) mass is 182 g/mol. The Morgan fingerprint density at radius 2 is 2.00 bits per heavy atom. The molecule has 1 aliphatic carbocycles. The van der Waals surface area contributed by atoms with Crippen molar-refractivity contribution in [3.63, 3.8) is 0 Å². The molecule has 0 atom stereocenters. The number of nitrogens with two attached hydrogens (primary N) is 1. The summed E-state index contributed by atoms with van der Waals surface area (Å²) in [7, 11) is 0. The molecule has 0 bridgehead atoms. The van der Waals surface area contributed by atoms with Gasteiger partial charge < -0.3 is 10.6 Å². The summed E-state index contributed by atoms with van der Waals surface area (Å²) in [4.78, 5) is 13.9. The topological polar surface area (TPSA) is 46.3 Å². The van der Waals surface area contributed by atoms with E-state index in [2.05, 4.69) is 13.8 Å². The van der Waals surface area contributed by atoms with Crippen LogP contribution in [0.4, 0.5) is 0 Å². The summed E-state index contributed by atoms with van der Waals surface area (Å²) in [5.74, 6) is 0.834. The minimum Gasteiger partial charge on any atom is -0.339 e. The third-order valence-electron chi connectivity index (χ3n) is 3.52. The maximum Gasteiger partial charge on any atom is 0.229 e. The minimum absolute atomic E-state index is 0.000139. The van der Waals surface area contributed by atoms with Crippen LogP contribution >= 0.6 is 0 Å². The van der Waals surface area contributed by atoms with Crippen LogP contribution in [0.2, 0.25) is 0 Å². The van der Waals surface area contributed by atoms with E-state index in [0.29, 0.717) is 11.8 Å². The van der Waals surface area contributed by atoms with Crippen molar-refractivity contribution in [3.05, 3.63) is 0 Å². The fraction of sp³-hybridized carbons (Fsp3) is 0.900. The second-order valence-electron chi connectivity index (χ2n) is 4.78. The Bertz CT molecular complexity index is 227. The fourth-order valence-electron chi connectivity index (χ4n) is 2.17. The summed E-state index contributed by atoms with van der Waals surface area (Å²) in [6.07, 6.45) is 2.16. The van der Waals surface area contributed by atoms with Gasteiger partial charge in [-0.1, -0.05) is 13.8 Å². The van der Waals surface area contributed by atoms with Crippen LogP contribution in [0, 0.1) is 11.3 Å². The molecule has 0 aromatic rings. The molecule has 74 valence electrons. The molecule has 0 radical (unpaired) electrons. The molecule has 0 aromatic heterocycles. The molecule has 0 spiro atoms. The van der Waals surface area contributed by atoms with Gasteiger partial charge in [0.05, 0.1) is 5.41 Å². The molecule has 1 aliphatic heterocycles. The van der Waals surface area contributed by atoms with E-state index in [4.69, 9.17) is 5.73 Å². The Hall–Kier alpha value is -0.570. The molecule has 1 heterocycles. The molecule has 1 saturated carbocycles. The van der Waals surface area contributed by atoms with Crippen molar-refractivity contribution in [2.75, 3.05) is 13.1 Å². The Morgan fingerprint density at radius 1 is 1.46 bits per heavy atom. The third-order valence-corrected chi connectivity index (χ3v) is 3.52. The van der Waals surface area contributed by atoms with Gasteiger partial charge in [-0.05, 0) is 18.8 Å². The second kappa shape index (κ2) is 2.71. The standard InChI is InChI=1S/C10H18N2O/c1-7(2)10(3-4-10)9(13)12-5-8(11)6-12/h7-8H,3-6,11H2,1-2H3. The molecule has 2 rings (SSSR count). The molecule has 13 heavy (non-hydrogen) atoms. The largest absolute Gasteiger partial charge is 0.339 e. The average Bonchev–Trinajstić information content (AvgIpc) is 2.77. The Morgan fingerprint density at radius 3 is 2.31 bits per heavy atom. The van der Waals surface area contributed by atoms with E-state index in [1.165, 1.54) is 0 Å². The number of nitrogens with zero attached hydrogens (tertiary/aromatic N) is 1. The van der Waals surface area contributed by atoms with Gasteiger partial charge >= 0.3 is 0 Å². The van der Waals surface area contributed by atoms with Gasteiger partial charge in [-0.15, -0.1) is 0 Å². The quantitative estimate of drug-likeness (QED) is 0.679. The maximum absolute atomic E-state index is 12.0. The number of rotatable bonds is 2. The third kappa shape index (κ3) is 1.26. The highest BCUT2D eigenvalue weighted by Gasteiger charge is 2.54. The number of likely N-dealkylation sites (tertiary alicyclic amines) is 1. The van der Waals surface area contributed by atoms with E-state index in [1.54, 1.807) is 0 Å². The Balaban J connectivity index is 1.98. The van der Waals surface area contributed by atoms with Crippen LogP contribution in [-0.2, 0) is 4.79 Å². The van der Waals surface area contributed by atoms with E-state index in [0.717, 1.165) is 25.9 Å². The van der Waals surface area contributed by atoms with Gasteiger partial charge in [0.25, 0.3) is 0 Å². The maximum atomic E-state index is 12.0. The summed E-state index contributed by atoms with van der Waals surface area (Å²) in [5, 5.41) is 0. The van der Waals surface area contributed by atoms with Gasteiger partial charge in [0.15, 0.2) is 0 Å². The molecule has 2 N–H and O–H groups in total. The molecular formula is C10H18N2O. The summed E-state index contributed by atoms with van der Waals surface area (Å²) in [5.41, 5.74) is 5.65. The summed E-state index contributed by atoms with van der Waals surface area (Å²) in [6, 6.07) is 0.229. The number of carbonyl (C=O) groups excluding carboxylic acids is 1. The van der Waals surface area contributed by atoms with Crippen LogP contribution in [0.5, 0.6) is 0 Å². The fourth-order valence-corrected chi connectivity index (χ4v) is 2.17. The number of amides is 1. The lowest BCUT2D eigenvalue weighted by Crippen LogP contribution is -2.60. The summed E-state index contributed by atoms with van der Waals surface area (Å²) in [6.45, 7) is 5.83. The first-order valence-electron chi connectivity index (χ1n) is 5.11. The van der Waals surface area contributed by atoms with Crippen molar-refractivity contribution in [3.8, 4) is 0 Å². The van der Waals surface area contributed by atoms with Gasteiger partial charge in [0, 0.05) is 19.1 Å². The van der Waals surface area contributed by atoms with Gasteiger partial charge in [-0.25, -0.2) is 0 Å². The van der Waals surface area contributed by atoms with Crippen LogP contribution in [0.25, 0.3) is 0 Å².